The van der Waals surface area contributed by atoms with Crippen LogP contribution in [0.15, 0.2) is 12.1 Å². The third-order valence-electron chi connectivity index (χ3n) is 4.81. The second kappa shape index (κ2) is 6.04. The Morgan fingerprint density at radius 3 is 3.00 bits per heavy atom. The van der Waals surface area contributed by atoms with Gasteiger partial charge in [0.1, 0.15) is 5.82 Å². The molecular weight excluding hydrogens is 267 g/mol. The molecule has 1 amide bonds. The zero-order valence-electron chi connectivity index (χ0n) is 12.5. The highest BCUT2D eigenvalue weighted by Crippen LogP contribution is 2.32. The molecule has 21 heavy (non-hydrogen) atoms. The summed E-state index contributed by atoms with van der Waals surface area (Å²) in [5.41, 5.74) is 2.18. The van der Waals surface area contributed by atoms with Crippen LogP contribution in [0.2, 0.25) is 0 Å². The minimum Gasteiger partial charge on any atom is -0.380 e. The van der Waals surface area contributed by atoms with Crippen molar-refractivity contribution in [1.29, 1.82) is 0 Å². The zero-order chi connectivity index (χ0) is 14.8. The monoisotopic (exact) mass is 290 g/mol. The van der Waals surface area contributed by atoms with Gasteiger partial charge in [0.15, 0.2) is 0 Å². The summed E-state index contributed by atoms with van der Waals surface area (Å²) in [5.74, 6) is 0.559. The summed E-state index contributed by atoms with van der Waals surface area (Å²) in [5, 5.41) is 6.19. The zero-order valence-corrected chi connectivity index (χ0v) is 12.5. The molecule has 2 unspecified atom stereocenters. The number of fused-ring (bicyclic) bond motifs is 1. The van der Waals surface area contributed by atoms with E-state index < -0.39 is 0 Å². The minimum absolute atomic E-state index is 0.0174. The van der Waals surface area contributed by atoms with Gasteiger partial charge in [0.25, 0.3) is 0 Å². The number of aryl methyl sites for hydroxylation is 1. The van der Waals surface area contributed by atoms with E-state index in [1.165, 1.54) is 19.3 Å². The predicted molar refractivity (Wildman–Crippen MR) is 83.0 cm³/mol. The van der Waals surface area contributed by atoms with Gasteiger partial charge in [-0.25, -0.2) is 4.39 Å². The molecule has 1 aromatic rings. The summed E-state index contributed by atoms with van der Waals surface area (Å²) in [4.78, 5) is 11.5. The van der Waals surface area contributed by atoms with Crippen LogP contribution in [-0.4, -0.2) is 11.9 Å². The Balaban J connectivity index is 1.76. The van der Waals surface area contributed by atoms with Gasteiger partial charge in [-0.3, -0.25) is 4.79 Å². The van der Waals surface area contributed by atoms with Crippen molar-refractivity contribution >= 4 is 17.3 Å². The first-order valence-corrected chi connectivity index (χ1v) is 8.04. The van der Waals surface area contributed by atoms with Crippen molar-refractivity contribution in [3.8, 4) is 0 Å². The fourth-order valence-electron chi connectivity index (χ4n) is 3.52. The Morgan fingerprint density at radius 1 is 1.33 bits per heavy atom. The fraction of sp³-hybridized carbons (Fsp3) is 0.588. The molecule has 2 N–H and O–H groups in total. The molecule has 3 nitrogen and oxygen atoms in total. The van der Waals surface area contributed by atoms with E-state index in [1.54, 1.807) is 12.1 Å². The quantitative estimate of drug-likeness (QED) is 0.880. The van der Waals surface area contributed by atoms with Crippen LogP contribution in [0, 0.1) is 11.7 Å². The Morgan fingerprint density at radius 2 is 2.19 bits per heavy atom. The number of carbonyl (C=O) groups is 1. The first-order valence-electron chi connectivity index (χ1n) is 8.04. The molecule has 1 aliphatic carbocycles. The van der Waals surface area contributed by atoms with Gasteiger partial charge >= 0.3 is 0 Å². The smallest absolute Gasteiger partial charge is 0.224 e. The Bertz CT molecular complexity index is 544. The van der Waals surface area contributed by atoms with E-state index in [1.807, 2.05) is 0 Å². The minimum atomic E-state index is -0.205. The SMILES string of the molecule is CCC1CCCC(Nc2cc3c(cc2F)CCC(=O)N3)C1. The van der Waals surface area contributed by atoms with Crippen LogP contribution in [0.5, 0.6) is 0 Å². The molecule has 0 bridgehead atoms. The first kappa shape index (κ1) is 14.4. The molecule has 0 spiro atoms. The molecule has 2 aliphatic rings. The van der Waals surface area contributed by atoms with Gasteiger partial charge in [-0.15, -0.1) is 0 Å². The van der Waals surface area contributed by atoms with Gasteiger partial charge in [-0.1, -0.05) is 26.2 Å². The second-order valence-electron chi connectivity index (χ2n) is 6.32. The first-order chi connectivity index (χ1) is 10.2. The van der Waals surface area contributed by atoms with Crippen LogP contribution < -0.4 is 10.6 Å². The molecule has 4 heteroatoms. The Labute approximate surface area is 125 Å². The van der Waals surface area contributed by atoms with Gasteiger partial charge < -0.3 is 10.6 Å². The molecule has 1 fully saturated rings. The molecule has 0 radical (unpaired) electrons. The lowest BCUT2D eigenvalue weighted by Crippen LogP contribution is -2.28. The van der Waals surface area contributed by atoms with Crippen molar-refractivity contribution in [2.75, 3.05) is 10.6 Å². The van der Waals surface area contributed by atoms with Gasteiger partial charge in [0.05, 0.1) is 5.69 Å². The molecule has 1 aromatic carbocycles. The number of anilines is 2. The van der Waals surface area contributed by atoms with E-state index >= 15 is 0 Å². The molecule has 1 aliphatic heterocycles. The molecule has 1 heterocycles. The Hall–Kier alpha value is -1.58. The van der Waals surface area contributed by atoms with E-state index in [2.05, 4.69) is 17.6 Å². The van der Waals surface area contributed by atoms with Crippen molar-refractivity contribution in [3.63, 3.8) is 0 Å². The van der Waals surface area contributed by atoms with E-state index in [-0.39, 0.29) is 11.7 Å². The summed E-state index contributed by atoms with van der Waals surface area (Å²) in [7, 11) is 0. The number of carbonyl (C=O) groups excluding carboxylic acids is 1. The summed E-state index contributed by atoms with van der Waals surface area (Å²) in [6, 6.07) is 3.67. The number of halogens is 1. The van der Waals surface area contributed by atoms with Crippen molar-refractivity contribution in [1.82, 2.24) is 0 Å². The molecule has 0 aromatic heterocycles. The van der Waals surface area contributed by atoms with Crippen LogP contribution in [0.1, 0.15) is 51.0 Å². The highest BCUT2D eigenvalue weighted by Gasteiger charge is 2.23. The topological polar surface area (TPSA) is 41.1 Å². The number of rotatable bonds is 3. The van der Waals surface area contributed by atoms with Crippen molar-refractivity contribution in [2.24, 2.45) is 5.92 Å². The third kappa shape index (κ3) is 3.20. The highest BCUT2D eigenvalue weighted by atomic mass is 19.1. The summed E-state index contributed by atoms with van der Waals surface area (Å²) < 4.78 is 14.2. The largest absolute Gasteiger partial charge is 0.380 e. The Kier molecular flexibility index (Phi) is 4.13. The lowest BCUT2D eigenvalue weighted by molar-refractivity contribution is -0.116. The summed E-state index contributed by atoms with van der Waals surface area (Å²) >= 11 is 0. The van der Waals surface area contributed by atoms with Crippen molar-refractivity contribution in [2.45, 2.75) is 57.9 Å². The van der Waals surface area contributed by atoms with E-state index in [0.29, 0.717) is 24.6 Å². The van der Waals surface area contributed by atoms with Crippen LogP contribution in [-0.2, 0) is 11.2 Å². The number of hydrogen-bond donors (Lipinski definition) is 2. The molecule has 0 saturated heterocycles. The summed E-state index contributed by atoms with van der Waals surface area (Å²) in [6.45, 7) is 2.22. The standard InChI is InChI=1S/C17H23FN2O/c1-2-11-4-3-5-13(8-11)19-16-10-15-12(9-14(16)18)6-7-17(21)20-15/h9-11,13,19H,2-8H2,1H3,(H,20,21). The van der Waals surface area contributed by atoms with Gasteiger partial charge in [0.2, 0.25) is 5.91 Å². The van der Waals surface area contributed by atoms with Gasteiger partial charge in [-0.2, -0.15) is 0 Å². The van der Waals surface area contributed by atoms with E-state index in [9.17, 15) is 9.18 Å². The van der Waals surface area contributed by atoms with Crippen LogP contribution in [0.3, 0.4) is 0 Å². The maximum Gasteiger partial charge on any atom is 0.224 e. The fourth-order valence-corrected chi connectivity index (χ4v) is 3.52. The number of hydrogen-bond acceptors (Lipinski definition) is 2. The van der Waals surface area contributed by atoms with Crippen molar-refractivity contribution in [3.05, 3.63) is 23.5 Å². The lowest BCUT2D eigenvalue weighted by atomic mass is 9.84. The molecule has 114 valence electrons. The third-order valence-corrected chi connectivity index (χ3v) is 4.81. The predicted octanol–water partition coefficient (Wildman–Crippen LogP) is 4.09. The van der Waals surface area contributed by atoms with Crippen LogP contribution in [0.4, 0.5) is 15.8 Å². The van der Waals surface area contributed by atoms with Crippen LogP contribution in [0.25, 0.3) is 0 Å². The molecule has 2 atom stereocenters. The van der Waals surface area contributed by atoms with Crippen LogP contribution >= 0.6 is 0 Å². The van der Waals surface area contributed by atoms with Crippen molar-refractivity contribution < 1.29 is 9.18 Å². The average molecular weight is 290 g/mol. The van der Waals surface area contributed by atoms with E-state index in [4.69, 9.17) is 0 Å². The highest BCUT2D eigenvalue weighted by molar-refractivity contribution is 5.94. The van der Waals surface area contributed by atoms with E-state index in [0.717, 1.165) is 30.0 Å². The summed E-state index contributed by atoms with van der Waals surface area (Å²) in [6.07, 6.45) is 6.97. The second-order valence-corrected chi connectivity index (χ2v) is 6.32. The molecule has 3 rings (SSSR count). The molecular formula is C17H23FN2O. The molecule has 1 saturated carbocycles. The maximum atomic E-state index is 14.2. The maximum absolute atomic E-state index is 14.2. The average Bonchev–Trinajstić information content (AvgIpc) is 2.49. The van der Waals surface area contributed by atoms with Gasteiger partial charge in [0, 0.05) is 18.2 Å². The number of benzene rings is 1. The number of amides is 1. The number of nitrogens with one attached hydrogen (secondary N) is 2. The van der Waals surface area contributed by atoms with Gasteiger partial charge in [-0.05, 0) is 42.9 Å². The normalized spacial score (nSPS) is 25.1. The lowest BCUT2D eigenvalue weighted by Gasteiger charge is -2.30.